The molecule has 0 fully saturated rings. The Morgan fingerprint density at radius 3 is 2.56 bits per heavy atom. The molecule has 5 nitrogen and oxygen atoms in total. The van der Waals surface area contributed by atoms with E-state index in [0.717, 1.165) is 18.6 Å². The lowest BCUT2D eigenvalue weighted by atomic mass is 10.4. The topological polar surface area (TPSA) is 73.3 Å². The number of rotatable bonds is 6. The van der Waals surface area contributed by atoms with Crippen LogP contribution in [0.15, 0.2) is 66.5 Å². The van der Waals surface area contributed by atoms with E-state index in [1.165, 1.54) is 30.2 Å². The molecule has 3 rings (SSSR count). The molecule has 132 valence electrons. The summed E-state index contributed by atoms with van der Waals surface area (Å²) in [5.41, 5.74) is 0. The number of hydrogen-bond donors (Lipinski definition) is 0. The number of sulfone groups is 1. The van der Waals surface area contributed by atoms with Crippen molar-refractivity contribution in [3.63, 3.8) is 0 Å². The minimum atomic E-state index is -3.94. The van der Waals surface area contributed by atoms with Crippen molar-refractivity contribution in [2.75, 3.05) is 0 Å². The minimum absolute atomic E-state index is 0.0424. The predicted molar refractivity (Wildman–Crippen MR) is 91.7 cm³/mol. The number of furan rings is 1. The Hall–Kier alpha value is -2.06. The van der Waals surface area contributed by atoms with Crippen molar-refractivity contribution in [2.45, 2.75) is 40.5 Å². The highest BCUT2D eigenvalue weighted by atomic mass is 32.2. The van der Waals surface area contributed by atoms with Gasteiger partial charge < -0.3 is 8.83 Å². The third kappa shape index (κ3) is 3.64. The van der Waals surface area contributed by atoms with Gasteiger partial charge in [0.2, 0.25) is 20.0 Å². The maximum Gasteiger partial charge on any atom is 0.265 e. The molecule has 2 heterocycles. The first-order valence-electron chi connectivity index (χ1n) is 7.64. The number of halogens is 1. The van der Waals surface area contributed by atoms with Gasteiger partial charge in [0.05, 0.1) is 11.2 Å². The van der Waals surface area contributed by atoms with Crippen LogP contribution < -0.4 is 0 Å². The average Bonchev–Trinajstić information content (AvgIpc) is 3.24. The first kappa shape index (κ1) is 17.8. The number of thioether (sulfide) groups is 1. The molecular weight excluding hydrogens is 365 g/mol. The van der Waals surface area contributed by atoms with Gasteiger partial charge in [0.1, 0.15) is 5.82 Å². The molecular formula is C17H16FNO4S2. The second kappa shape index (κ2) is 7.05. The largest absolute Gasteiger partial charge is 0.459 e. The molecule has 1 aromatic carbocycles. The molecule has 0 bridgehead atoms. The molecule has 0 radical (unpaired) electrons. The summed E-state index contributed by atoms with van der Waals surface area (Å²) in [5.74, 6) is -0.0763. The van der Waals surface area contributed by atoms with Gasteiger partial charge in [-0.2, -0.15) is 4.98 Å². The van der Waals surface area contributed by atoms with E-state index in [1.54, 1.807) is 12.1 Å². The summed E-state index contributed by atoms with van der Waals surface area (Å²) in [6, 6.07) is 7.92. The lowest BCUT2D eigenvalue weighted by molar-refractivity contribution is 0.450. The molecule has 2 aromatic heterocycles. The Morgan fingerprint density at radius 1 is 1.24 bits per heavy atom. The molecule has 8 heteroatoms. The standard InChI is InChI=1S/C17H16FNO4S2/c1-3-11(2)24-17-16(19-15(23-17)14-5-4-10-22-14)25(20,21)13-8-6-12(18)7-9-13/h4-11H,3H2,1-2H3. The Kier molecular flexibility index (Phi) is 5.01. The zero-order valence-corrected chi connectivity index (χ0v) is 15.2. The van der Waals surface area contributed by atoms with Crippen LogP contribution in [0, 0.1) is 5.82 Å². The van der Waals surface area contributed by atoms with Crippen LogP contribution in [0.1, 0.15) is 20.3 Å². The molecule has 1 atom stereocenters. The summed E-state index contributed by atoms with van der Waals surface area (Å²) in [5, 5.41) is 0.153. The number of aromatic nitrogens is 1. The molecule has 0 aliphatic carbocycles. The summed E-state index contributed by atoms with van der Waals surface area (Å²) in [7, 11) is -3.94. The SMILES string of the molecule is CCC(C)Sc1oc(-c2ccco2)nc1S(=O)(=O)c1ccc(F)cc1. The van der Waals surface area contributed by atoms with Gasteiger partial charge >= 0.3 is 0 Å². The first-order chi connectivity index (χ1) is 11.9. The zero-order chi connectivity index (χ0) is 18.0. The van der Waals surface area contributed by atoms with E-state index in [9.17, 15) is 12.8 Å². The third-order valence-corrected chi connectivity index (χ3v) is 6.59. The van der Waals surface area contributed by atoms with Gasteiger partial charge in [-0.3, -0.25) is 0 Å². The molecule has 0 spiro atoms. The number of nitrogens with zero attached hydrogens (tertiary/aromatic N) is 1. The first-order valence-corrected chi connectivity index (χ1v) is 10.00. The highest BCUT2D eigenvalue weighted by Crippen LogP contribution is 2.37. The maximum absolute atomic E-state index is 13.1. The molecule has 0 N–H and O–H groups in total. The monoisotopic (exact) mass is 381 g/mol. The second-order valence-electron chi connectivity index (χ2n) is 5.38. The van der Waals surface area contributed by atoms with Crippen molar-refractivity contribution in [3.05, 3.63) is 48.5 Å². The van der Waals surface area contributed by atoms with Gasteiger partial charge in [-0.1, -0.05) is 25.6 Å². The van der Waals surface area contributed by atoms with Gasteiger partial charge in [0, 0.05) is 5.25 Å². The predicted octanol–water partition coefficient (Wildman–Crippen LogP) is 4.80. The van der Waals surface area contributed by atoms with Gasteiger partial charge in [-0.05, 0) is 42.8 Å². The summed E-state index contributed by atoms with van der Waals surface area (Å²) in [4.78, 5) is 4.11. The van der Waals surface area contributed by atoms with Crippen LogP contribution in [-0.2, 0) is 9.84 Å². The number of benzene rings is 1. The van der Waals surface area contributed by atoms with Crippen LogP contribution in [0.4, 0.5) is 4.39 Å². The van der Waals surface area contributed by atoms with E-state index in [0.29, 0.717) is 5.76 Å². The van der Waals surface area contributed by atoms with E-state index in [4.69, 9.17) is 8.83 Å². The van der Waals surface area contributed by atoms with Crippen LogP contribution in [-0.4, -0.2) is 18.7 Å². The van der Waals surface area contributed by atoms with E-state index in [2.05, 4.69) is 4.98 Å². The van der Waals surface area contributed by atoms with Crippen LogP contribution in [0.5, 0.6) is 0 Å². The van der Waals surface area contributed by atoms with Gasteiger partial charge in [0.15, 0.2) is 5.76 Å². The molecule has 0 amide bonds. The van der Waals surface area contributed by atoms with E-state index < -0.39 is 15.7 Å². The van der Waals surface area contributed by atoms with Crippen molar-refractivity contribution in [1.29, 1.82) is 0 Å². The van der Waals surface area contributed by atoms with Gasteiger partial charge in [-0.25, -0.2) is 12.8 Å². The summed E-state index contributed by atoms with van der Waals surface area (Å²) in [6.07, 6.45) is 2.28. The highest BCUT2D eigenvalue weighted by molar-refractivity contribution is 8.00. The van der Waals surface area contributed by atoms with Crippen molar-refractivity contribution < 1.29 is 21.6 Å². The molecule has 0 saturated carbocycles. The van der Waals surface area contributed by atoms with Crippen LogP contribution >= 0.6 is 11.8 Å². The highest BCUT2D eigenvalue weighted by Gasteiger charge is 2.30. The van der Waals surface area contributed by atoms with E-state index >= 15 is 0 Å². The lowest BCUT2D eigenvalue weighted by Gasteiger charge is -2.07. The smallest absolute Gasteiger partial charge is 0.265 e. The van der Waals surface area contributed by atoms with Crippen LogP contribution in [0.25, 0.3) is 11.7 Å². The molecule has 0 aliphatic heterocycles. The Labute approximate surface area is 149 Å². The van der Waals surface area contributed by atoms with Crippen LogP contribution in [0.2, 0.25) is 0 Å². The van der Waals surface area contributed by atoms with Gasteiger partial charge in [-0.15, -0.1) is 0 Å². The molecule has 0 saturated heterocycles. The normalized spacial score (nSPS) is 13.1. The third-order valence-electron chi connectivity index (χ3n) is 3.56. The minimum Gasteiger partial charge on any atom is -0.459 e. The molecule has 25 heavy (non-hydrogen) atoms. The Balaban J connectivity index is 2.10. The van der Waals surface area contributed by atoms with Crippen molar-refractivity contribution in [1.82, 2.24) is 4.98 Å². The number of hydrogen-bond acceptors (Lipinski definition) is 6. The van der Waals surface area contributed by atoms with Gasteiger partial charge in [0.25, 0.3) is 5.89 Å². The fourth-order valence-corrected chi connectivity index (χ4v) is 4.49. The Morgan fingerprint density at radius 2 is 1.96 bits per heavy atom. The fraction of sp³-hybridized carbons (Fsp3) is 0.235. The van der Waals surface area contributed by atoms with E-state index in [1.807, 2.05) is 13.8 Å². The average molecular weight is 381 g/mol. The van der Waals surface area contributed by atoms with Crippen molar-refractivity contribution >= 4 is 21.6 Å². The zero-order valence-electron chi connectivity index (χ0n) is 13.6. The quantitative estimate of drug-likeness (QED) is 0.451. The fourth-order valence-electron chi connectivity index (χ4n) is 2.03. The maximum atomic E-state index is 13.1. The summed E-state index contributed by atoms with van der Waals surface area (Å²) >= 11 is 1.29. The Bertz CT molecular complexity index is 947. The van der Waals surface area contributed by atoms with Crippen LogP contribution in [0.3, 0.4) is 0 Å². The molecule has 3 aromatic rings. The second-order valence-corrected chi connectivity index (χ2v) is 8.66. The van der Waals surface area contributed by atoms with E-state index in [-0.39, 0.29) is 26.2 Å². The molecule has 0 aliphatic rings. The summed E-state index contributed by atoms with van der Waals surface area (Å²) in [6.45, 7) is 3.96. The van der Waals surface area contributed by atoms with Crippen molar-refractivity contribution in [2.24, 2.45) is 0 Å². The van der Waals surface area contributed by atoms with Crippen molar-refractivity contribution in [3.8, 4) is 11.7 Å². The lowest BCUT2D eigenvalue weighted by Crippen LogP contribution is -2.05. The summed E-state index contributed by atoms with van der Waals surface area (Å²) < 4.78 is 49.9. The number of oxazole rings is 1. The molecule has 1 unspecified atom stereocenters.